The van der Waals surface area contributed by atoms with Crippen LogP contribution in [0.4, 0.5) is 5.69 Å². The van der Waals surface area contributed by atoms with Crippen molar-refractivity contribution in [3.05, 3.63) is 24.3 Å². The van der Waals surface area contributed by atoms with E-state index in [0.717, 1.165) is 25.3 Å². The normalized spacial score (nSPS) is 20.2. The zero-order chi connectivity index (χ0) is 14.6. The van der Waals surface area contributed by atoms with Crippen LogP contribution in [-0.2, 0) is 9.84 Å². The zero-order valence-electron chi connectivity index (χ0n) is 12.3. The molecule has 4 nitrogen and oxygen atoms in total. The number of rotatable bonds is 6. The minimum absolute atomic E-state index is 0.148. The van der Waals surface area contributed by atoms with E-state index in [0.29, 0.717) is 10.8 Å². The molecule has 1 fully saturated rings. The van der Waals surface area contributed by atoms with Gasteiger partial charge in [-0.05, 0) is 49.7 Å². The van der Waals surface area contributed by atoms with Crippen molar-refractivity contribution in [2.45, 2.75) is 25.2 Å². The van der Waals surface area contributed by atoms with Crippen molar-refractivity contribution < 1.29 is 8.42 Å². The van der Waals surface area contributed by atoms with E-state index in [1.165, 1.54) is 13.0 Å². The van der Waals surface area contributed by atoms with E-state index in [2.05, 4.69) is 17.1 Å². The van der Waals surface area contributed by atoms with Crippen molar-refractivity contribution in [3.63, 3.8) is 0 Å². The van der Waals surface area contributed by atoms with E-state index in [-0.39, 0.29) is 5.75 Å². The second-order valence-electron chi connectivity index (χ2n) is 5.36. The van der Waals surface area contributed by atoms with Crippen LogP contribution in [0.25, 0.3) is 0 Å². The molecule has 5 heteroatoms. The maximum atomic E-state index is 11.7. The maximum Gasteiger partial charge on any atom is 0.178 e. The van der Waals surface area contributed by atoms with E-state index >= 15 is 0 Å². The van der Waals surface area contributed by atoms with Gasteiger partial charge in [0, 0.05) is 18.8 Å². The number of benzene rings is 1. The minimum Gasteiger partial charge on any atom is -0.385 e. The lowest BCUT2D eigenvalue weighted by Crippen LogP contribution is -2.22. The van der Waals surface area contributed by atoms with Gasteiger partial charge in [0.25, 0.3) is 0 Å². The molecule has 0 aromatic heterocycles. The van der Waals surface area contributed by atoms with Crippen LogP contribution < -0.4 is 5.32 Å². The molecule has 1 atom stereocenters. The molecule has 112 valence electrons. The molecule has 1 N–H and O–H groups in total. The fourth-order valence-electron chi connectivity index (χ4n) is 2.58. The summed E-state index contributed by atoms with van der Waals surface area (Å²) >= 11 is 0. The molecule has 0 spiro atoms. The molecule has 2 rings (SSSR count). The molecule has 0 bridgehead atoms. The molecule has 1 aromatic carbocycles. The van der Waals surface area contributed by atoms with Gasteiger partial charge >= 0.3 is 0 Å². The Morgan fingerprint density at radius 2 is 1.95 bits per heavy atom. The minimum atomic E-state index is -3.09. The van der Waals surface area contributed by atoms with Crippen LogP contribution in [0.15, 0.2) is 29.2 Å². The Morgan fingerprint density at radius 3 is 2.50 bits per heavy atom. The first kappa shape index (κ1) is 15.3. The van der Waals surface area contributed by atoms with Gasteiger partial charge in [0.2, 0.25) is 0 Å². The molecule has 1 saturated heterocycles. The Bertz CT molecular complexity index is 525. The predicted octanol–water partition coefficient (Wildman–Crippen LogP) is 2.23. The Hall–Kier alpha value is -1.07. The molecule has 1 unspecified atom stereocenters. The van der Waals surface area contributed by atoms with Crippen LogP contribution in [0.1, 0.15) is 20.3 Å². The number of hydrogen-bond donors (Lipinski definition) is 1. The number of nitrogens with one attached hydrogen (secondary N) is 1. The highest BCUT2D eigenvalue weighted by molar-refractivity contribution is 7.91. The van der Waals surface area contributed by atoms with Crippen LogP contribution >= 0.6 is 0 Å². The van der Waals surface area contributed by atoms with Gasteiger partial charge < -0.3 is 10.2 Å². The Balaban J connectivity index is 1.89. The SMILES string of the molecule is CCN1CCC(CNc2ccc(S(=O)(=O)CC)cc2)C1. The van der Waals surface area contributed by atoms with Crippen LogP contribution in [0.3, 0.4) is 0 Å². The van der Waals surface area contributed by atoms with Crippen molar-refractivity contribution in [2.75, 3.05) is 37.2 Å². The summed E-state index contributed by atoms with van der Waals surface area (Å²) < 4.78 is 23.4. The molecule has 0 saturated carbocycles. The third-order valence-corrected chi connectivity index (χ3v) is 5.76. The Morgan fingerprint density at radius 1 is 1.25 bits per heavy atom. The quantitative estimate of drug-likeness (QED) is 0.874. The van der Waals surface area contributed by atoms with Gasteiger partial charge in [-0.15, -0.1) is 0 Å². The highest BCUT2D eigenvalue weighted by atomic mass is 32.2. The fraction of sp³-hybridized carbons (Fsp3) is 0.600. The largest absolute Gasteiger partial charge is 0.385 e. The lowest BCUT2D eigenvalue weighted by atomic mass is 10.1. The molecule has 1 aliphatic rings. The van der Waals surface area contributed by atoms with Crippen molar-refractivity contribution >= 4 is 15.5 Å². The number of nitrogens with zero attached hydrogens (tertiary/aromatic N) is 1. The third kappa shape index (κ3) is 3.73. The van der Waals surface area contributed by atoms with Crippen molar-refractivity contribution in [3.8, 4) is 0 Å². The van der Waals surface area contributed by atoms with Crippen LogP contribution in [-0.4, -0.2) is 45.2 Å². The van der Waals surface area contributed by atoms with Gasteiger partial charge in [-0.1, -0.05) is 13.8 Å². The van der Waals surface area contributed by atoms with Crippen molar-refractivity contribution in [2.24, 2.45) is 5.92 Å². The van der Waals surface area contributed by atoms with E-state index < -0.39 is 9.84 Å². The highest BCUT2D eigenvalue weighted by Gasteiger charge is 2.20. The van der Waals surface area contributed by atoms with Gasteiger partial charge in [0.05, 0.1) is 10.6 Å². The van der Waals surface area contributed by atoms with Gasteiger partial charge in [-0.2, -0.15) is 0 Å². The summed E-state index contributed by atoms with van der Waals surface area (Å²) in [5.41, 5.74) is 0.995. The molecule has 20 heavy (non-hydrogen) atoms. The number of sulfone groups is 1. The summed E-state index contributed by atoms with van der Waals surface area (Å²) in [4.78, 5) is 2.87. The summed E-state index contributed by atoms with van der Waals surface area (Å²) in [6, 6.07) is 7.09. The number of likely N-dealkylation sites (tertiary alicyclic amines) is 1. The maximum absolute atomic E-state index is 11.7. The predicted molar refractivity (Wildman–Crippen MR) is 82.9 cm³/mol. The summed E-state index contributed by atoms with van der Waals surface area (Å²) in [5.74, 6) is 0.836. The number of anilines is 1. The Kier molecular flexibility index (Phi) is 5.05. The third-order valence-electron chi connectivity index (χ3n) is 4.01. The molecule has 0 amide bonds. The lowest BCUT2D eigenvalue weighted by Gasteiger charge is -2.14. The van der Waals surface area contributed by atoms with Gasteiger partial charge in [-0.25, -0.2) is 8.42 Å². The van der Waals surface area contributed by atoms with Gasteiger partial charge in [0.1, 0.15) is 0 Å². The first-order valence-electron chi connectivity index (χ1n) is 7.34. The average Bonchev–Trinajstić information content (AvgIpc) is 2.93. The van der Waals surface area contributed by atoms with Crippen molar-refractivity contribution in [1.29, 1.82) is 0 Å². The van der Waals surface area contributed by atoms with E-state index in [4.69, 9.17) is 0 Å². The van der Waals surface area contributed by atoms with Crippen LogP contribution in [0.2, 0.25) is 0 Å². The molecular weight excluding hydrogens is 272 g/mol. The molecule has 1 aromatic rings. The summed E-state index contributed by atoms with van der Waals surface area (Å²) in [7, 11) is -3.09. The highest BCUT2D eigenvalue weighted by Crippen LogP contribution is 2.19. The monoisotopic (exact) mass is 296 g/mol. The van der Waals surface area contributed by atoms with Gasteiger partial charge in [0.15, 0.2) is 9.84 Å². The molecule has 1 heterocycles. The second kappa shape index (κ2) is 6.59. The van der Waals surface area contributed by atoms with Crippen LogP contribution in [0, 0.1) is 5.92 Å². The second-order valence-corrected chi connectivity index (χ2v) is 7.63. The molecular formula is C15H24N2O2S. The lowest BCUT2D eigenvalue weighted by molar-refractivity contribution is 0.345. The first-order valence-corrected chi connectivity index (χ1v) is 8.99. The van der Waals surface area contributed by atoms with E-state index in [9.17, 15) is 8.42 Å². The smallest absolute Gasteiger partial charge is 0.178 e. The molecule has 1 aliphatic heterocycles. The van der Waals surface area contributed by atoms with Crippen LogP contribution in [0.5, 0.6) is 0 Å². The summed E-state index contributed by atoms with van der Waals surface area (Å²) in [6.45, 7) is 8.29. The standard InChI is InChI=1S/C15H24N2O2S/c1-3-17-10-9-13(12-17)11-16-14-5-7-15(8-6-14)20(18,19)4-2/h5-8,13,16H,3-4,9-12H2,1-2H3. The van der Waals surface area contributed by atoms with E-state index in [1.807, 2.05) is 12.1 Å². The Labute approximate surface area is 122 Å². The van der Waals surface area contributed by atoms with E-state index in [1.54, 1.807) is 19.1 Å². The van der Waals surface area contributed by atoms with Crippen molar-refractivity contribution in [1.82, 2.24) is 4.90 Å². The zero-order valence-corrected chi connectivity index (χ0v) is 13.1. The fourth-order valence-corrected chi connectivity index (χ4v) is 3.46. The summed E-state index contributed by atoms with van der Waals surface area (Å²) in [5, 5.41) is 3.41. The first-order chi connectivity index (χ1) is 9.55. The number of hydrogen-bond acceptors (Lipinski definition) is 4. The average molecular weight is 296 g/mol. The van der Waals surface area contributed by atoms with Gasteiger partial charge in [-0.3, -0.25) is 0 Å². The topological polar surface area (TPSA) is 49.4 Å². The molecule has 0 radical (unpaired) electrons. The summed E-state index contributed by atoms with van der Waals surface area (Å²) in [6.07, 6.45) is 1.24. The molecule has 0 aliphatic carbocycles.